The second-order valence-corrected chi connectivity index (χ2v) is 1.78. The maximum absolute atomic E-state index is 8.25. The van der Waals surface area contributed by atoms with E-state index in [1.807, 2.05) is 0 Å². The van der Waals surface area contributed by atoms with Crippen LogP contribution in [-0.4, -0.2) is 20.4 Å². The molecule has 0 aromatic heterocycles. The number of hydrogen-bond acceptors (Lipinski definition) is 2. The minimum absolute atomic E-state index is 0.153. The Hall–Kier alpha value is -0.485. The monoisotopic (exact) mass is 122 g/mol. The summed E-state index contributed by atoms with van der Waals surface area (Å²) in [7, 11) is 4.50. The highest BCUT2D eigenvalue weighted by Crippen LogP contribution is 2.01. The summed E-state index contributed by atoms with van der Waals surface area (Å²) in [6, 6.07) is 2.31. The summed E-state index contributed by atoms with van der Waals surface area (Å²) in [5.41, 5.74) is 0. The van der Waals surface area contributed by atoms with Crippen LogP contribution in [0.1, 0.15) is 12.8 Å². The third kappa shape index (κ3) is 3.15. The first-order valence-electron chi connectivity index (χ1n) is 3.14. The molecule has 0 aromatic carbocycles. The Labute approximate surface area is 57.7 Å². The lowest BCUT2D eigenvalue weighted by atomic mass is 10.2. The Morgan fingerprint density at radius 1 is 1.67 bits per heavy atom. The Bertz CT molecular complexity index is 91.7. The molecule has 9 heavy (non-hydrogen) atoms. The zero-order valence-electron chi connectivity index (χ0n) is 5.72. The van der Waals surface area contributed by atoms with E-state index in [4.69, 9.17) is 5.26 Å². The van der Waals surface area contributed by atoms with Gasteiger partial charge in [0, 0.05) is 0 Å². The Morgan fingerprint density at radius 3 is 2.56 bits per heavy atom. The van der Waals surface area contributed by atoms with Gasteiger partial charge >= 0.3 is 0 Å². The predicted octanol–water partition coefficient (Wildman–Crippen LogP) is 0.465. The van der Waals surface area contributed by atoms with Gasteiger partial charge in [-0.3, -0.25) is 0 Å². The van der Waals surface area contributed by atoms with Gasteiger partial charge in [-0.25, -0.2) is 0 Å². The first-order valence-corrected chi connectivity index (χ1v) is 3.14. The molecule has 3 heteroatoms. The van der Waals surface area contributed by atoms with Gasteiger partial charge in [0.2, 0.25) is 0 Å². The number of nitrogens with one attached hydrogen (secondary N) is 1. The average Bonchev–Trinajstić information content (AvgIpc) is 2.43. The van der Waals surface area contributed by atoms with Gasteiger partial charge in [-0.1, -0.05) is 6.82 Å². The minimum atomic E-state index is 0.153. The topological polar surface area (TPSA) is 35.8 Å². The molecule has 2 nitrogen and oxygen atoms in total. The number of hydrogen-bond donors (Lipinski definition) is 1. The third-order valence-corrected chi connectivity index (χ3v) is 1.22. The van der Waals surface area contributed by atoms with Crippen LogP contribution in [-0.2, 0) is 0 Å². The van der Waals surface area contributed by atoms with Crippen LogP contribution in [0.25, 0.3) is 0 Å². The molecule has 1 rings (SSSR count). The van der Waals surface area contributed by atoms with Gasteiger partial charge in [-0.15, -0.1) is 0 Å². The SMILES string of the molecule is N#CC1CCCN1.[B]C. The second-order valence-electron chi connectivity index (χ2n) is 1.78. The molecule has 0 amide bonds. The Kier molecular flexibility index (Phi) is 5.34. The van der Waals surface area contributed by atoms with Crippen molar-refractivity contribution < 1.29 is 0 Å². The van der Waals surface area contributed by atoms with Crippen LogP contribution in [0.5, 0.6) is 0 Å². The van der Waals surface area contributed by atoms with Crippen molar-refractivity contribution in [2.75, 3.05) is 6.54 Å². The molecule has 1 aliphatic rings. The molecule has 2 radical (unpaired) electrons. The molecule has 1 saturated heterocycles. The van der Waals surface area contributed by atoms with Crippen LogP contribution in [0.3, 0.4) is 0 Å². The largest absolute Gasteiger partial charge is 0.302 e. The summed E-state index contributed by atoms with van der Waals surface area (Å²) < 4.78 is 0. The van der Waals surface area contributed by atoms with Gasteiger partial charge < -0.3 is 5.32 Å². The van der Waals surface area contributed by atoms with E-state index >= 15 is 0 Å². The van der Waals surface area contributed by atoms with Crippen LogP contribution in [0.4, 0.5) is 0 Å². The smallest absolute Gasteiger partial charge is 0.0953 e. The highest BCUT2D eigenvalue weighted by molar-refractivity contribution is 6.05. The van der Waals surface area contributed by atoms with Gasteiger partial charge in [0.25, 0.3) is 0 Å². The summed E-state index contributed by atoms with van der Waals surface area (Å²) in [5, 5.41) is 11.3. The Morgan fingerprint density at radius 2 is 2.33 bits per heavy atom. The normalized spacial score (nSPS) is 23.8. The second kappa shape index (κ2) is 5.65. The number of rotatable bonds is 0. The van der Waals surface area contributed by atoms with E-state index in [1.165, 1.54) is 6.82 Å². The molecule has 0 aliphatic carbocycles. The lowest BCUT2D eigenvalue weighted by Gasteiger charge is -1.91. The Balaban J connectivity index is 0.000000291. The summed E-state index contributed by atoms with van der Waals surface area (Å²) >= 11 is 0. The summed E-state index contributed by atoms with van der Waals surface area (Å²) in [6.45, 7) is 2.53. The maximum atomic E-state index is 8.25. The van der Waals surface area contributed by atoms with Crippen LogP contribution in [0.15, 0.2) is 0 Å². The van der Waals surface area contributed by atoms with Crippen LogP contribution >= 0.6 is 0 Å². The molecule has 0 aromatic rings. The summed E-state index contributed by atoms with van der Waals surface area (Å²) in [6.07, 6.45) is 2.20. The molecule has 1 heterocycles. The van der Waals surface area contributed by atoms with E-state index in [-0.39, 0.29) is 6.04 Å². The van der Waals surface area contributed by atoms with Crippen molar-refractivity contribution in [3.8, 4) is 6.07 Å². The summed E-state index contributed by atoms with van der Waals surface area (Å²) in [5.74, 6) is 0. The highest BCUT2D eigenvalue weighted by atomic mass is 14.9. The zero-order valence-corrected chi connectivity index (χ0v) is 5.72. The van der Waals surface area contributed by atoms with Gasteiger partial charge in [0.05, 0.1) is 20.0 Å². The molecule has 1 unspecified atom stereocenters. The van der Waals surface area contributed by atoms with Crippen molar-refractivity contribution in [2.45, 2.75) is 25.7 Å². The van der Waals surface area contributed by atoms with E-state index < -0.39 is 0 Å². The fourth-order valence-corrected chi connectivity index (χ4v) is 0.795. The highest BCUT2D eigenvalue weighted by Gasteiger charge is 2.10. The lowest BCUT2D eigenvalue weighted by Crippen LogP contribution is -2.18. The predicted molar refractivity (Wildman–Crippen MR) is 38.3 cm³/mol. The lowest BCUT2D eigenvalue weighted by molar-refractivity contribution is 0.740. The summed E-state index contributed by atoms with van der Waals surface area (Å²) in [4.78, 5) is 0. The minimum Gasteiger partial charge on any atom is -0.302 e. The number of nitriles is 1. The first-order chi connectivity index (χ1) is 4.43. The van der Waals surface area contributed by atoms with Crippen LogP contribution in [0, 0.1) is 11.3 Å². The van der Waals surface area contributed by atoms with E-state index in [9.17, 15) is 0 Å². The molecular formula is C6H11BN2. The van der Waals surface area contributed by atoms with Crippen molar-refractivity contribution in [2.24, 2.45) is 0 Å². The molecule has 0 spiro atoms. The van der Waals surface area contributed by atoms with E-state index in [2.05, 4.69) is 19.2 Å². The van der Waals surface area contributed by atoms with E-state index in [0.29, 0.717) is 0 Å². The van der Waals surface area contributed by atoms with Crippen molar-refractivity contribution in [3.63, 3.8) is 0 Å². The molecule has 0 saturated carbocycles. The van der Waals surface area contributed by atoms with Crippen molar-refractivity contribution in [1.29, 1.82) is 5.26 Å². The van der Waals surface area contributed by atoms with E-state index in [0.717, 1.165) is 19.4 Å². The zero-order chi connectivity index (χ0) is 7.11. The molecule has 1 aliphatic heterocycles. The van der Waals surface area contributed by atoms with Gasteiger partial charge in [0.1, 0.15) is 0 Å². The van der Waals surface area contributed by atoms with Crippen molar-refractivity contribution in [3.05, 3.63) is 0 Å². The average molecular weight is 122 g/mol. The molecular weight excluding hydrogens is 111 g/mol. The molecule has 1 atom stereocenters. The maximum Gasteiger partial charge on any atom is 0.0953 e. The molecule has 48 valence electrons. The molecule has 1 N–H and O–H groups in total. The third-order valence-electron chi connectivity index (χ3n) is 1.22. The number of nitrogens with zero attached hydrogens (tertiary/aromatic N) is 1. The van der Waals surface area contributed by atoms with Gasteiger partial charge in [-0.2, -0.15) is 5.26 Å². The van der Waals surface area contributed by atoms with Crippen LogP contribution < -0.4 is 5.32 Å². The van der Waals surface area contributed by atoms with E-state index in [1.54, 1.807) is 0 Å². The quantitative estimate of drug-likeness (QED) is 0.474. The van der Waals surface area contributed by atoms with Gasteiger partial charge in [0.15, 0.2) is 0 Å². The van der Waals surface area contributed by atoms with Crippen LogP contribution in [0.2, 0.25) is 6.82 Å². The van der Waals surface area contributed by atoms with Crippen molar-refractivity contribution in [1.82, 2.24) is 5.32 Å². The fourth-order valence-electron chi connectivity index (χ4n) is 0.795. The fraction of sp³-hybridized carbons (Fsp3) is 0.833. The standard InChI is InChI=1S/C5H8N2.CH3B/c6-4-5-2-1-3-7-5;1-2/h5,7H,1-3H2;1H3. The molecule has 1 fully saturated rings. The van der Waals surface area contributed by atoms with Gasteiger partial charge in [-0.05, 0) is 19.4 Å². The first kappa shape index (κ1) is 8.51. The molecule has 0 bridgehead atoms. The van der Waals surface area contributed by atoms with Crippen molar-refractivity contribution >= 4 is 7.85 Å².